The minimum Gasteiger partial charge on any atom is -0.253 e. The van der Waals surface area contributed by atoms with E-state index in [4.69, 9.17) is 0 Å². The van der Waals surface area contributed by atoms with E-state index in [1.54, 1.807) is 0 Å². The highest BCUT2D eigenvalue weighted by atomic mass is 32.3. The van der Waals surface area contributed by atoms with Gasteiger partial charge in [0.1, 0.15) is 0 Å². The van der Waals surface area contributed by atoms with E-state index in [0.717, 1.165) is 5.25 Å². The topological polar surface area (TPSA) is 0 Å². The van der Waals surface area contributed by atoms with E-state index in [0.29, 0.717) is 0 Å². The Morgan fingerprint density at radius 3 is 2.12 bits per heavy atom. The first kappa shape index (κ1) is 8.88. The van der Waals surface area contributed by atoms with Crippen molar-refractivity contribution in [2.75, 3.05) is 0 Å². The molecule has 0 aliphatic rings. The monoisotopic (exact) mass is 146 g/mol. The van der Waals surface area contributed by atoms with E-state index in [9.17, 15) is 0 Å². The lowest BCUT2D eigenvalue weighted by molar-refractivity contribution is 0.911. The van der Waals surface area contributed by atoms with E-state index in [-0.39, 0.29) is 13.0 Å². The Morgan fingerprint density at radius 1 is 1.50 bits per heavy atom. The number of hydrogen-bond donors (Lipinski definition) is 0. The minimum absolute atomic E-state index is 0.329. The van der Waals surface area contributed by atoms with Gasteiger partial charge in [0.25, 0.3) is 0 Å². The second-order valence-corrected chi connectivity index (χ2v) is 9.22. The zero-order chi connectivity index (χ0) is 6.57. The average Bonchev–Trinajstić information content (AvgIpc) is 1.65. The molecule has 8 heavy (non-hydrogen) atoms. The van der Waals surface area contributed by atoms with Gasteiger partial charge in [-0.3, -0.25) is 10.1 Å². The van der Waals surface area contributed by atoms with E-state index in [1.807, 2.05) is 0 Å². The molecule has 0 bridgehead atoms. The number of hydrogen-bond acceptors (Lipinski definition) is 1. The Hall–Kier alpha value is 0.882. The minimum atomic E-state index is -0.329. The van der Waals surface area contributed by atoms with Crippen LogP contribution in [0, 0.1) is 0 Å². The maximum atomic E-state index is 2.39. The third kappa shape index (κ3) is 5.03. The summed E-state index contributed by atoms with van der Waals surface area (Å²) in [6.07, 6.45) is 1.33. The van der Waals surface area contributed by atoms with Crippen LogP contribution in [0.4, 0.5) is 0 Å². The van der Waals surface area contributed by atoms with Gasteiger partial charge < -0.3 is 0 Å². The highest BCUT2D eigenvalue weighted by Crippen LogP contribution is 2.16. The smallest absolute Gasteiger partial charge is 0.253 e. The molecular weight excluding hydrogens is 131 g/mol. The summed E-state index contributed by atoms with van der Waals surface area (Å²) in [6, 6.07) is 0. The summed E-state index contributed by atoms with van der Waals surface area (Å²) in [5, 5.41) is 0.904. The molecule has 0 rings (SSSR count). The zero-order valence-corrected chi connectivity index (χ0v) is 8.24. The maximum Gasteiger partial charge on any atom is 0.343 e. The summed E-state index contributed by atoms with van der Waals surface area (Å²) in [5.74, 6) is 4.77. The molecule has 0 aromatic carbocycles. The highest BCUT2D eigenvalue weighted by Gasteiger charge is 2.06. The van der Waals surface area contributed by atoms with Crippen LogP contribution in [-0.2, 0) is 0 Å². The van der Waals surface area contributed by atoms with Crippen molar-refractivity contribution in [1.82, 2.24) is 0 Å². The van der Waals surface area contributed by atoms with E-state index in [1.165, 1.54) is 6.42 Å². The SMILES string of the molecule is CCC(C)[S][Al]([CH3])[CH3]. The van der Waals surface area contributed by atoms with Crippen LogP contribution in [0.1, 0.15) is 20.3 Å². The lowest BCUT2D eigenvalue weighted by Gasteiger charge is -2.07. The largest absolute Gasteiger partial charge is 0.343 e. The predicted octanol–water partition coefficient (Wildman–Crippen LogP) is 2.77. The average molecular weight is 146 g/mol. The van der Waals surface area contributed by atoms with Crippen LogP contribution in [0.2, 0.25) is 11.6 Å². The molecule has 0 N–H and O–H groups in total. The van der Waals surface area contributed by atoms with Gasteiger partial charge in [-0.15, -0.1) is 0 Å². The lowest BCUT2D eigenvalue weighted by Crippen LogP contribution is -2.02. The van der Waals surface area contributed by atoms with Gasteiger partial charge >= 0.3 is 13.0 Å². The highest BCUT2D eigenvalue weighted by molar-refractivity contribution is 8.25. The van der Waals surface area contributed by atoms with Gasteiger partial charge in [0.05, 0.1) is 0 Å². The predicted molar refractivity (Wildman–Crippen MR) is 44.8 cm³/mol. The van der Waals surface area contributed by atoms with Crippen LogP contribution < -0.4 is 0 Å². The molecule has 0 aromatic heterocycles. The fourth-order valence-electron chi connectivity index (χ4n) is 0.561. The molecule has 0 amide bonds. The van der Waals surface area contributed by atoms with E-state index in [2.05, 4.69) is 35.5 Å². The third-order valence-corrected chi connectivity index (χ3v) is 5.45. The molecule has 0 fully saturated rings. The maximum absolute atomic E-state index is 2.39. The van der Waals surface area contributed by atoms with Crippen molar-refractivity contribution in [3.63, 3.8) is 0 Å². The molecule has 1 atom stereocenters. The van der Waals surface area contributed by atoms with Crippen molar-refractivity contribution >= 4 is 23.1 Å². The van der Waals surface area contributed by atoms with Crippen LogP contribution >= 0.6 is 10.1 Å². The molecular formula is C6H15AlS. The van der Waals surface area contributed by atoms with Crippen molar-refractivity contribution < 1.29 is 0 Å². The van der Waals surface area contributed by atoms with Crippen LogP contribution in [-0.4, -0.2) is 18.3 Å². The van der Waals surface area contributed by atoms with Crippen LogP contribution in [0.5, 0.6) is 0 Å². The van der Waals surface area contributed by atoms with Crippen molar-refractivity contribution in [1.29, 1.82) is 0 Å². The Labute approximate surface area is 60.5 Å². The molecule has 0 aromatic rings. The Kier molecular flexibility index (Phi) is 5.25. The summed E-state index contributed by atoms with van der Waals surface area (Å²) in [7, 11) is 2.19. The van der Waals surface area contributed by atoms with E-state index < -0.39 is 0 Å². The van der Waals surface area contributed by atoms with Crippen molar-refractivity contribution in [3.05, 3.63) is 0 Å². The van der Waals surface area contributed by atoms with Gasteiger partial charge in [-0.1, -0.05) is 25.4 Å². The first-order chi connectivity index (χ1) is 3.66. The Bertz CT molecular complexity index is 54.5. The molecule has 0 aliphatic heterocycles. The Balaban J connectivity index is 3.10. The van der Waals surface area contributed by atoms with Crippen LogP contribution in [0.3, 0.4) is 0 Å². The summed E-state index contributed by atoms with van der Waals surface area (Å²) in [6.45, 7) is 4.58. The first-order valence-electron chi connectivity index (χ1n) is 3.32. The third-order valence-electron chi connectivity index (χ3n) is 1.08. The van der Waals surface area contributed by atoms with Gasteiger partial charge in [-0.25, -0.2) is 0 Å². The summed E-state index contributed by atoms with van der Waals surface area (Å²) in [5.41, 5.74) is 0. The Morgan fingerprint density at radius 2 is 2.00 bits per heavy atom. The number of rotatable bonds is 3. The molecule has 0 nitrogen and oxygen atoms in total. The molecule has 0 saturated carbocycles. The lowest BCUT2D eigenvalue weighted by atomic mass is 10.4. The van der Waals surface area contributed by atoms with Crippen molar-refractivity contribution in [3.8, 4) is 0 Å². The summed E-state index contributed by atoms with van der Waals surface area (Å²) >= 11 is -0.329. The molecule has 0 aliphatic carbocycles. The van der Waals surface area contributed by atoms with Crippen molar-refractivity contribution in [2.24, 2.45) is 0 Å². The summed E-state index contributed by atoms with van der Waals surface area (Å²) in [4.78, 5) is 0. The molecule has 0 saturated heterocycles. The molecule has 2 heteroatoms. The standard InChI is InChI=1S/C4H10S.2CH3.Al/c1-3-4(2)5;;;/h4-5H,3H2,1-2H3;2*1H3;/q;;;+1/p-1. The first-order valence-corrected chi connectivity index (χ1v) is 7.99. The quantitative estimate of drug-likeness (QED) is 0.552. The molecule has 48 valence electrons. The van der Waals surface area contributed by atoms with Crippen molar-refractivity contribution in [2.45, 2.75) is 37.1 Å². The normalized spacial score (nSPS) is 13.5. The second kappa shape index (κ2) is 4.73. The molecule has 1 unspecified atom stereocenters. The van der Waals surface area contributed by atoms with Gasteiger partial charge in [0, 0.05) is 0 Å². The van der Waals surface area contributed by atoms with Gasteiger partial charge in [0.15, 0.2) is 0 Å². The summed E-state index contributed by atoms with van der Waals surface area (Å²) < 4.78 is 0. The fraction of sp³-hybridized carbons (Fsp3) is 1.00. The second-order valence-electron chi connectivity index (χ2n) is 2.40. The molecule has 0 spiro atoms. The fourth-order valence-corrected chi connectivity index (χ4v) is 5.05. The molecule has 0 heterocycles. The van der Waals surface area contributed by atoms with Crippen LogP contribution in [0.15, 0.2) is 0 Å². The van der Waals surface area contributed by atoms with Gasteiger partial charge in [-0.05, 0) is 11.7 Å². The van der Waals surface area contributed by atoms with E-state index >= 15 is 0 Å². The zero-order valence-electron chi connectivity index (χ0n) is 6.27. The molecule has 0 radical (unpaired) electrons. The van der Waals surface area contributed by atoms with Crippen LogP contribution in [0.25, 0.3) is 0 Å². The van der Waals surface area contributed by atoms with Gasteiger partial charge in [-0.2, -0.15) is 0 Å². The van der Waals surface area contributed by atoms with Gasteiger partial charge in [0.2, 0.25) is 0 Å².